The maximum absolute atomic E-state index is 12.6. The quantitative estimate of drug-likeness (QED) is 0.424. The minimum Gasteiger partial charge on any atom is -0.457 e. The third kappa shape index (κ3) is 8.95. The van der Waals surface area contributed by atoms with Crippen LogP contribution in [-0.2, 0) is 0 Å². The molecular weight excluding hydrogens is 384 g/mol. The summed E-state index contributed by atoms with van der Waals surface area (Å²) in [6.45, 7) is 12.0. The first kappa shape index (κ1) is 27.7. The minimum atomic E-state index is -0.108. The Balaban J connectivity index is 0.00000138. The average molecular weight is 423 g/mol. The van der Waals surface area contributed by atoms with Crippen LogP contribution in [0, 0.1) is 0 Å². The lowest BCUT2D eigenvalue weighted by Crippen LogP contribution is -2.38. The fourth-order valence-corrected chi connectivity index (χ4v) is 2.46. The molecule has 0 N–H and O–H groups in total. The third-order valence-electron chi connectivity index (χ3n) is 3.92. The van der Waals surface area contributed by atoms with Crippen molar-refractivity contribution in [2.24, 2.45) is 0 Å². The summed E-state index contributed by atoms with van der Waals surface area (Å²) in [5, 5.41) is 0. The van der Waals surface area contributed by atoms with Gasteiger partial charge in [-0.25, -0.2) is 4.79 Å². The molecule has 3 aromatic carbocycles. The van der Waals surface area contributed by atoms with Gasteiger partial charge in [-0.3, -0.25) is 9.80 Å². The largest absolute Gasteiger partial charge is 0.457 e. The number of amides is 2. The van der Waals surface area contributed by atoms with Crippen molar-refractivity contribution < 1.29 is 9.53 Å². The van der Waals surface area contributed by atoms with Gasteiger partial charge in [0.2, 0.25) is 0 Å². The first-order valence-electron chi connectivity index (χ1n) is 11.0. The molecule has 0 saturated carbocycles. The minimum absolute atomic E-state index is 0.108. The fraction of sp³-hybridized carbons (Fsp3) is 0.296. The van der Waals surface area contributed by atoms with Gasteiger partial charge in [-0.15, -0.1) is 0 Å². The molecule has 0 radical (unpaired) electrons. The molecule has 0 aliphatic rings. The molecule has 0 fully saturated rings. The SMILES string of the molecule is CC.CC.CC.CN(C(=O)N(C)c1ccc(Oc2ccccc2)cc1)c1ccccc1. The fourth-order valence-electron chi connectivity index (χ4n) is 2.46. The van der Waals surface area contributed by atoms with E-state index in [1.807, 2.05) is 126 Å². The number of hydrogen-bond acceptors (Lipinski definition) is 2. The number of urea groups is 1. The van der Waals surface area contributed by atoms with E-state index in [1.165, 1.54) is 0 Å². The van der Waals surface area contributed by atoms with Crippen LogP contribution in [0.2, 0.25) is 0 Å². The summed E-state index contributed by atoms with van der Waals surface area (Å²) in [7, 11) is 3.52. The van der Waals surface area contributed by atoms with E-state index in [4.69, 9.17) is 4.74 Å². The number of benzene rings is 3. The van der Waals surface area contributed by atoms with Crippen molar-refractivity contribution in [2.75, 3.05) is 23.9 Å². The van der Waals surface area contributed by atoms with Crippen LogP contribution in [0.3, 0.4) is 0 Å². The predicted octanol–water partition coefficient (Wildman–Crippen LogP) is 8.25. The van der Waals surface area contributed by atoms with E-state index < -0.39 is 0 Å². The summed E-state index contributed by atoms with van der Waals surface area (Å²) in [5.41, 5.74) is 1.65. The van der Waals surface area contributed by atoms with E-state index >= 15 is 0 Å². The number of anilines is 2. The lowest BCUT2D eigenvalue weighted by molar-refractivity contribution is 0.253. The Kier molecular flexibility index (Phi) is 14.8. The van der Waals surface area contributed by atoms with Crippen LogP contribution in [0.1, 0.15) is 41.5 Å². The number of carbonyl (C=O) groups is 1. The molecule has 0 aromatic heterocycles. The normalized spacial score (nSPS) is 8.77. The van der Waals surface area contributed by atoms with Gasteiger partial charge in [0.05, 0.1) is 0 Å². The number of hydrogen-bond donors (Lipinski definition) is 0. The van der Waals surface area contributed by atoms with Crippen molar-refractivity contribution in [3.05, 3.63) is 84.9 Å². The van der Waals surface area contributed by atoms with Crippen molar-refractivity contribution in [3.8, 4) is 11.5 Å². The molecule has 4 nitrogen and oxygen atoms in total. The van der Waals surface area contributed by atoms with Gasteiger partial charge in [0.25, 0.3) is 0 Å². The monoisotopic (exact) mass is 422 g/mol. The van der Waals surface area contributed by atoms with Gasteiger partial charge in [0.15, 0.2) is 0 Å². The summed E-state index contributed by atoms with van der Waals surface area (Å²) in [5.74, 6) is 1.51. The van der Waals surface area contributed by atoms with E-state index in [2.05, 4.69) is 0 Å². The molecule has 0 heterocycles. The summed E-state index contributed by atoms with van der Waals surface area (Å²) >= 11 is 0. The second-order valence-electron chi connectivity index (χ2n) is 5.65. The highest BCUT2D eigenvalue weighted by Gasteiger charge is 2.17. The summed E-state index contributed by atoms with van der Waals surface area (Å²) < 4.78 is 5.78. The lowest BCUT2D eigenvalue weighted by atomic mass is 10.2. The van der Waals surface area contributed by atoms with Crippen LogP contribution in [0.15, 0.2) is 84.9 Å². The molecule has 2 amide bonds. The molecule has 3 aromatic rings. The molecule has 0 bridgehead atoms. The molecule has 3 rings (SSSR count). The number of carbonyl (C=O) groups excluding carboxylic acids is 1. The van der Waals surface area contributed by atoms with Crippen LogP contribution in [-0.4, -0.2) is 20.1 Å². The molecule has 168 valence electrons. The number of ether oxygens (including phenoxy) is 1. The van der Waals surface area contributed by atoms with Crippen molar-refractivity contribution >= 4 is 17.4 Å². The van der Waals surface area contributed by atoms with Gasteiger partial charge >= 0.3 is 6.03 Å². The first-order valence-corrected chi connectivity index (χ1v) is 11.0. The molecule has 31 heavy (non-hydrogen) atoms. The average Bonchev–Trinajstić information content (AvgIpc) is 2.88. The van der Waals surface area contributed by atoms with Gasteiger partial charge in [0.1, 0.15) is 11.5 Å². The molecule has 0 aliphatic heterocycles. The highest BCUT2D eigenvalue weighted by atomic mass is 16.5. The highest BCUT2D eigenvalue weighted by molar-refractivity contribution is 6.02. The van der Waals surface area contributed by atoms with Gasteiger partial charge < -0.3 is 4.74 Å². The summed E-state index contributed by atoms with van der Waals surface area (Å²) in [6, 6.07) is 26.5. The zero-order valence-electron chi connectivity index (χ0n) is 20.3. The van der Waals surface area contributed by atoms with E-state index in [-0.39, 0.29) is 6.03 Å². The molecule has 4 heteroatoms. The Morgan fingerprint density at radius 1 is 0.548 bits per heavy atom. The molecule has 0 spiro atoms. The number of rotatable bonds is 4. The number of nitrogens with zero attached hydrogens (tertiary/aromatic N) is 2. The van der Waals surface area contributed by atoms with Crippen LogP contribution >= 0.6 is 0 Å². The number of para-hydroxylation sites is 2. The zero-order valence-corrected chi connectivity index (χ0v) is 20.3. The topological polar surface area (TPSA) is 32.8 Å². The van der Waals surface area contributed by atoms with Crippen LogP contribution in [0.5, 0.6) is 11.5 Å². The first-order chi connectivity index (χ1) is 15.1. The van der Waals surface area contributed by atoms with Crippen molar-refractivity contribution in [2.45, 2.75) is 41.5 Å². The van der Waals surface area contributed by atoms with E-state index in [0.717, 1.165) is 22.9 Å². The zero-order chi connectivity index (χ0) is 23.6. The lowest BCUT2D eigenvalue weighted by Gasteiger charge is -2.25. The standard InChI is InChI=1S/C21H20N2O2.3C2H6/c1-22(17-9-5-3-6-10-17)21(24)23(2)18-13-15-20(16-14-18)25-19-11-7-4-8-12-19;3*1-2/h3-16H,1-2H3;3*1-2H3. The van der Waals surface area contributed by atoms with Gasteiger partial charge in [-0.2, -0.15) is 0 Å². The molecular formula is C27H38N2O2. The second kappa shape index (κ2) is 16.5. The van der Waals surface area contributed by atoms with Crippen molar-refractivity contribution in [1.82, 2.24) is 0 Å². The Hall–Kier alpha value is -3.27. The molecule has 0 unspecified atom stereocenters. The van der Waals surface area contributed by atoms with E-state index in [0.29, 0.717) is 0 Å². The van der Waals surface area contributed by atoms with Crippen LogP contribution in [0.25, 0.3) is 0 Å². The Morgan fingerprint density at radius 2 is 0.903 bits per heavy atom. The van der Waals surface area contributed by atoms with E-state index in [9.17, 15) is 4.79 Å². The summed E-state index contributed by atoms with van der Waals surface area (Å²) in [6.07, 6.45) is 0. The van der Waals surface area contributed by atoms with Crippen LogP contribution in [0.4, 0.5) is 16.2 Å². The molecule has 0 atom stereocenters. The maximum Gasteiger partial charge on any atom is 0.328 e. The van der Waals surface area contributed by atoms with Crippen LogP contribution < -0.4 is 14.5 Å². The molecule has 0 saturated heterocycles. The van der Waals surface area contributed by atoms with Gasteiger partial charge in [-0.1, -0.05) is 77.9 Å². The summed E-state index contributed by atoms with van der Waals surface area (Å²) in [4.78, 5) is 15.9. The van der Waals surface area contributed by atoms with Gasteiger partial charge in [-0.05, 0) is 48.5 Å². The smallest absolute Gasteiger partial charge is 0.328 e. The Labute approximate surface area is 189 Å². The Bertz CT molecular complexity index is 819. The Morgan fingerprint density at radius 3 is 1.35 bits per heavy atom. The molecule has 0 aliphatic carbocycles. The van der Waals surface area contributed by atoms with Crippen molar-refractivity contribution in [3.63, 3.8) is 0 Å². The van der Waals surface area contributed by atoms with Gasteiger partial charge in [0, 0.05) is 25.5 Å². The third-order valence-corrected chi connectivity index (χ3v) is 3.92. The predicted molar refractivity (Wildman–Crippen MR) is 136 cm³/mol. The highest BCUT2D eigenvalue weighted by Crippen LogP contribution is 2.25. The van der Waals surface area contributed by atoms with Crippen molar-refractivity contribution in [1.29, 1.82) is 0 Å². The maximum atomic E-state index is 12.6. The van der Waals surface area contributed by atoms with E-state index in [1.54, 1.807) is 23.9 Å². The second-order valence-corrected chi connectivity index (χ2v) is 5.65.